The fourth-order valence-corrected chi connectivity index (χ4v) is 2.76. The molecule has 0 radical (unpaired) electrons. The Bertz CT molecular complexity index is 809. The molecule has 1 heterocycles. The normalized spacial score (nSPS) is 12.6. The van der Waals surface area contributed by atoms with Crippen molar-refractivity contribution < 1.29 is 32.3 Å². The number of carboxylic acid groups (broad SMARTS) is 1. The molecule has 5 nitrogen and oxygen atoms in total. The maximum Gasteiger partial charge on any atom is 0.453 e. The summed E-state index contributed by atoms with van der Waals surface area (Å²) in [4.78, 5) is 11.5. The molecule has 26 heavy (non-hydrogen) atoms. The molecule has 0 saturated carbocycles. The first-order valence-corrected chi connectivity index (χ1v) is 8.46. The number of aromatic nitrogens is 1. The average Bonchev–Trinajstić information content (AvgIpc) is 2.94. The number of hydrogen-bond acceptors (Lipinski definition) is 4. The summed E-state index contributed by atoms with van der Waals surface area (Å²) in [6.07, 6.45) is -2.54. The van der Waals surface area contributed by atoms with Crippen LogP contribution in [-0.2, 0) is 23.8 Å². The first kappa shape index (κ1) is 20.1. The Morgan fingerprint density at radius 2 is 1.85 bits per heavy atom. The number of nitrogens with zero attached hydrogens (tertiary/aromatic N) is 1. The van der Waals surface area contributed by atoms with Gasteiger partial charge >= 0.3 is 12.1 Å². The van der Waals surface area contributed by atoms with E-state index in [-0.39, 0.29) is 16.7 Å². The van der Waals surface area contributed by atoms with Crippen LogP contribution in [0, 0.1) is 0 Å². The van der Waals surface area contributed by atoms with E-state index in [9.17, 15) is 23.1 Å². The fraction of sp³-hybridized carbons (Fsp3) is 0.556. The summed E-state index contributed by atoms with van der Waals surface area (Å²) in [6.45, 7) is 6.55. The number of ether oxygens (including phenoxy) is 1. The predicted molar refractivity (Wildman–Crippen MR) is 89.3 cm³/mol. The first-order chi connectivity index (χ1) is 12.0. The number of carboxylic acids is 1. The zero-order chi connectivity index (χ0) is 19.7. The molecule has 0 atom stereocenters. The minimum atomic E-state index is -4.66. The zero-order valence-corrected chi connectivity index (χ0v) is 15.2. The highest BCUT2D eigenvalue weighted by atomic mass is 19.4. The molecule has 0 amide bonds. The van der Waals surface area contributed by atoms with Gasteiger partial charge in [-0.2, -0.15) is 13.2 Å². The summed E-state index contributed by atoms with van der Waals surface area (Å²) in [7, 11) is 0. The van der Waals surface area contributed by atoms with Gasteiger partial charge in [-0.25, -0.2) is 4.79 Å². The summed E-state index contributed by atoms with van der Waals surface area (Å²) in [5.41, 5.74) is -0.501. The van der Waals surface area contributed by atoms with Crippen LogP contribution in [0.15, 0.2) is 10.6 Å². The Morgan fingerprint density at radius 1 is 1.23 bits per heavy atom. The molecule has 1 aromatic heterocycles. The third-order valence-corrected chi connectivity index (χ3v) is 4.05. The smallest absolute Gasteiger partial charge is 0.453 e. The Balaban J connectivity index is 2.78. The topological polar surface area (TPSA) is 72.6 Å². The van der Waals surface area contributed by atoms with Crippen molar-refractivity contribution in [3.8, 4) is 5.75 Å². The number of alkyl halides is 3. The molecule has 0 spiro atoms. The molecular weight excluding hydrogens is 351 g/mol. The minimum absolute atomic E-state index is 0.0650. The summed E-state index contributed by atoms with van der Waals surface area (Å²) < 4.78 is 50.0. The van der Waals surface area contributed by atoms with Gasteiger partial charge in [-0.3, -0.25) is 0 Å². The van der Waals surface area contributed by atoms with Gasteiger partial charge < -0.3 is 14.4 Å². The third kappa shape index (κ3) is 3.78. The molecule has 1 N–H and O–H groups in total. The second-order valence-corrected chi connectivity index (χ2v) is 6.67. The second-order valence-electron chi connectivity index (χ2n) is 6.67. The zero-order valence-electron chi connectivity index (χ0n) is 15.2. The van der Waals surface area contributed by atoms with Crippen molar-refractivity contribution in [2.75, 3.05) is 0 Å². The maximum atomic E-state index is 13.2. The summed E-state index contributed by atoms with van der Waals surface area (Å²) in [5.74, 6) is -2.03. The minimum Gasteiger partial charge on any atom is -0.478 e. The van der Waals surface area contributed by atoms with Gasteiger partial charge in [0.25, 0.3) is 0 Å². The fourth-order valence-electron chi connectivity index (χ4n) is 2.76. The standard InChI is InChI=1S/C18H22F3NO4/c1-5-7-10-9-12-13(22-26-15(12)18(19,20)21)11(8-6-2)14(10)25-17(3,4)16(23)24/h9H,5-8H2,1-4H3,(H,23,24). The van der Waals surface area contributed by atoms with Gasteiger partial charge in [-0.1, -0.05) is 31.8 Å². The van der Waals surface area contributed by atoms with Crippen molar-refractivity contribution in [3.63, 3.8) is 0 Å². The summed E-state index contributed by atoms with van der Waals surface area (Å²) >= 11 is 0. The molecule has 0 aliphatic rings. The van der Waals surface area contributed by atoms with Crippen LogP contribution in [0.1, 0.15) is 57.4 Å². The highest BCUT2D eigenvalue weighted by Gasteiger charge is 2.40. The van der Waals surface area contributed by atoms with Crippen LogP contribution in [0.2, 0.25) is 0 Å². The number of carbonyl (C=O) groups is 1. The van der Waals surface area contributed by atoms with Crippen molar-refractivity contribution in [1.82, 2.24) is 5.16 Å². The molecule has 1 aromatic carbocycles. The van der Waals surface area contributed by atoms with Gasteiger partial charge in [0.05, 0.1) is 5.39 Å². The van der Waals surface area contributed by atoms with E-state index in [1.54, 1.807) is 0 Å². The Labute approximate surface area is 149 Å². The lowest BCUT2D eigenvalue weighted by molar-refractivity contribution is -0.154. The summed E-state index contributed by atoms with van der Waals surface area (Å²) in [6, 6.07) is 1.35. The lowest BCUT2D eigenvalue weighted by Gasteiger charge is -2.25. The number of aliphatic carboxylic acids is 1. The highest BCUT2D eigenvalue weighted by molar-refractivity contribution is 5.88. The maximum absolute atomic E-state index is 13.2. The quantitative estimate of drug-likeness (QED) is 0.740. The van der Waals surface area contributed by atoms with Crippen LogP contribution >= 0.6 is 0 Å². The van der Waals surface area contributed by atoms with E-state index in [2.05, 4.69) is 9.68 Å². The number of halogens is 3. The van der Waals surface area contributed by atoms with Crippen molar-refractivity contribution >= 4 is 16.9 Å². The van der Waals surface area contributed by atoms with Crippen LogP contribution in [0.4, 0.5) is 13.2 Å². The van der Waals surface area contributed by atoms with E-state index in [1.165, 1.54) is 19.9 Å². The number of hydrogen-bond donors (Lipinski definition) is 1. The van der Waals surface area contributed by atoms with E-state index in [0.717, 1.165) is 0 Å². The van der Waals surface area contributed by atoms with Crippen molar-refractivity contribution in [2.24, 2.45) is 0 Å². The monoisotopic (exact) mass is 373 g/mol. The van der Waals surface area contributed by atoms with E-state index in [0.29, 0.717) is 36.8 Å². The Morgan fingerprint density at radius 3 is 2.35 bits per heavy atom. The SMILES string of the molecule is CCCc1cc2c(C(F)(F)F)onc2c(CCC)c1OC(C)(C)C(=O)O. The van der Waals surface area contributed by atoms with Crippen LogP contribution in [0.25, 0.3) is 10.9 Å². The molecule has 0 aliphatic carbocycles. The molecular formula is C18H22F3NO4. The lowest BCUT2D eigenvalue weighted by Crippen LogP contribution is -2.38. The third-order valence-electron chi connectivity index (χ3n) is 4.05. The van der Waals surface area contributed by atoms with Gasteiger partial charge in [-0.15, -0.1) is 0 Å². The molecule has 0 fully saturated rings. The van der Waals surface area contributed by atoms with E-state index < -0.39 is 23.5 Å². The van der Waals surface area contributed by atoms with Crippen LogP contribution in [0.5, 0.6) is 5.75 Å². The van der Waals surface area contributed by atoms with E-state index in [1.807, 2.05) is 13.8 Å². The van der Waals surface area contributed by atoms with Crippen molar-refractivity contribution in [1.29, 1.82) is 0 Å². The second kappa shape index (κ2) is 7.17. The Hall–Kier alpha value is -2.25. The van der Waals surface area contributed by atoms with Crippen molar-refractivity contribution in [3.05, 3.63) is 23.0 Å². The largest absolute Gasteiger partial charge is 0.478 e. The van der Waals surface area contributed by atoms with Crippen molar-refractivity contribution in [2.45, 2.75) is 65.2 Å². The van der Waals surface area contributed by atoms with Crippen LogP contribution < -0.4 is 4.74 Å². The first-order valence-electron chi connectivity index (χ1n) is 8.46. The molecule has 8 heteroatoms. The van der Waals surface area contributed by atoms with E-state index >= 15 is 0 Å². The highest BCUT2D eigenvalue weighted by Crippen LogP contribution is 2.41. The molecule has 0 saturated heterocycles. The number of benzene rings is 1. The predicted octanol–water partition coefficient (Wildman–Crippen LogP) is 4.99. The number of rotatable bonds is 7. The molecule has 2 aromatic rings. The van der Waals surface area contributed by atoms with Crippen LogP contribution in [0.3, 0.4) is 0 Å². The number of fused-ring (bicyclic) bond motifs is 1. The van der Waals surface area contributed by atoms with Gasteiger partial charge in [0.1, 0.15) is 11.3 Å². The van der Waals surface area contributed by atoms with Gasteiger partial charge in [0.15, 0.2) is 5.60 Å². The molecule has 144 valence electrons. The Kier molecular flexibility index (Phi) is 5.53. The average molecular weight is 373 g/mol. The lowest BCUT2D eigenvalue weighted by atomic mass is 9.96. The number of aryl methyl sites for hydroxylation is 2. The molecule has 0 bridgehead atoms. The van der Waals surface area contributed by atoms with Gasteiger partial charge in [0, 0.05) is 5.56 Å². The van der Waals surface area contributed by atoms with Gasteiger partial charge in [-0.05, 0) is 38.3 Å². The summed E-state index contributed by atoms with van der Waals surface area (Å²) in [5, 5.41) is 12.9. The van der Waals surface area contributed by atoms with E-state index in [4.69, 9.17) is 4.74 Å². The molecule has 0 aliphatic heterocycles. The van der Waals surface area contributed by atoms with Gasteiger partial charge in [0.2, 0.25) is 5.76 Å². The molecule has 2 rings (SSSR count). The molecule has 0 unspecified atom stereocenters. The van der Waals surface area contributed by atoms with Crippen LogP contribution in [-0.4, -0.2) is 21.8 Å².